The van der Waals surface area contributed by atoms with Gasteiger partial charge in [-0.05, 0) is 24.3 Å². The molecule has 0 atom stereocenters. The third kappa shape index (κ3) is 2.69. The van der Waals surface area contributed by atoms with E-state index < -0.39 is 10.0 Å². The number of phenols is 1. The van der Waals surface area contributed by atoms with Crippen molar-refractivity contribution in [1.29, 1.82) is 0 Å². The summed E-state index contributed by atoms with van der Waals surface area (Å²) in [5.74, 6) is -0.0328. The summed E-state index contributed by atoms with van der Waals surface area (Å²) in [6.07, 6.45) is 0. The van der Waals surface area contributed by atoms with Gasteiger partial charge in [-0.3, -0.25) is 4.72 Å². The highest BCUT2D eigenvalue weighted by Crippen LogP contribution is 2.29. The van der Waals surface area contributed by atoms with Crippen LogP contribution in [0.4, 0.5) is 11.4 Å². The van der Waals surface area contributed by atoms with Gasteiger partial charge < -0.3 is 10.8 Å². The summed E-state index contributed by atoms with van der Waals surface area (Å²) >= 11 is 6.64. The first-order chi connectivity index (χ1) is 8.38. The summed E-state index contributed by atoms with van der Waals surface area (Å²) in [4.78, 5) is 0. The van der Waals surface area contributed by atoms with Crippen molar-refractivity contribution >= 4 is 44.3 Å². The summed E-state index contributed by atoms with van der Waals surface area (Å²) in [5, 5.41) is 9.18. The molecule has 0 amide bonds. The number of benzene rings is 1. The number of nitrogens with one attached hydrogen (secondary N) is 1. The smallest absolute Gasteiger partial charge is 0.271 e. The lowest BCUT2D eigenvalue weighted by Gasteiger charge is -2.09. The number of thiophene rings is 1. The van der Waals surface area contributed by atoms with E-state index in [1.165, 1.54) is 30.3 Å². The highest BCUT2D eigenvalue weighted by Gasteiger charge is 2.17. The summed E-state index contributed by atoms with van der Waals surface area (Å²) in [6.45, 7) is 0. The van der Waals surface area contributed by atoms with Gasteiger partial charge in [-0.15, -0.1) is 11.3 Å². The van der Waals surface area contributed by atoms with E-state index in [1.807, 2.05) is 0 Å². The van der Waals surface area contributed by atoms with Gasteiger partial charge in [0, 0.05) is 6.07 Å². The van der Waals surface area contributed by atoms with Crippen LogP contribution in [-0.2, 0) is 10.0 Å². The molecule has 1 aromatic heterocycles. The Morgan fingerprint density at radius 3 is 2.56 bits per heavy atom. The van der Waals surface area contributed by atoms with Gasteiger partial charge >= 0.3 is 0 Å². The van der Waals surface area contributed by atoms with Gasteiger partial charge in [0.1, 0.15) is 9.96 Å². The maximum Gasteiger partial charge on any atom is 0.271 e. The van der Waals surface area contributed by atoms with Crippen LogP contribution in [0.5, 0.6) is 5.75 Å². The van der Waals surface area contributed by atoms with Crippen LogP contribution >= 0.6 is 22.9 Å². The molecule has 0 spiro atoms. The van der Waals surface area contributed by atoms with Crippen LogP contribution in [0.15, 0.2) is 34.5 Å². The Kier molecular flexibility index (Phi) is 3.38. The lowest BCUT2D eigenvalue weighted by atomic mass is 10.2. The van der Waals surface area contributed by atoms with E-state index in [9.17, 15) is 13.5 Å². The quantitative estimate of drug-likeness (QED) is 0.600. The van der Waals surface area contributed by atoms with Crippen molar-refractivity contribution in [3.8, 4) is 5.75 Å². The molecule has 18 heavy (non-hydrogen) atoms. The van der Waals surface area contributed by atoms with Gasteiger partial charge in [-0.2, -0.15) is 0 Å². The molecule has 1 aromatic carbocycles. The zero-order valence-electron chi connectivity index (χ0n) is 8.92. The van der Waals surface area contributed by atoms with Crippen LogP contribution in [0.3, 0.4) is 0 Å². The van der Waals surface area contributed by atoms with Crippen molar-refractivity contribution in [2.75, 3.05) is 10.5 Å². The van der Waals surface area contributed by atoms with Crippen molar-refractivity contribution in [2.45, 2.75) is 4.21 Å². The average molecular weight is 305 g/mol. The summed E-state index contributed by atoms with van der Waals surface area (Å²) in [5.41, 5.74) is 5.95. The predicted octanol–water partition coefficient (Wildman–Crippen LogP) is 2.49. The number of rotatable bonds is 3. The third-order valence-corrected chi connectivity index (χ3v) is 5.18. The van der Waals surface area contributed by atoms with Crippen molar-refractivity contribution in [3.63, 3.8) is 0 Å². The Balaban J connectivity index is 2.33. The first-order valence-corrected chi connectivity index (χ1v) is 7.43. The average Bonchev–Trinajstić information content (AvgIpc) is 2.70. The largest absolute Gasteiger partial charge is 0.508 e. The minimum absolute atomic E-state index is 0.0328. The topological polar surface area (TPSA) is 92.4 Å². The second-order valence-electron chi connectivity index (χ2n) is 3.44. The lowest BCUT2D eigenvalue weighted by Crippen LogP contribution is -2.12. The zero-order chi connectivity index (χ0) is 13.3. The van der Waals surface area contributed by atoms with Gasteiger partial charge in [0.15, 0.2) is 0 Å². The molecule has 0 fully saturated rings. The Labute approximate surface area is 113 Å². The third-order valence-electron chi connectivity index (χ3n) is 2.09. The molecule has 4 N–H and O–H groups in total. The fourth-order valence-corrected chi connectivity index (χ4v) is 3.85. The molecule has 8 heteroatoms. The Morgan fingerprint density at radius 1 is 1.28 bits per heavy atom. The molecule has 2 rings (SSSR count). The van der Waals surface area contributed by atoms with Gasteiger partial charge in [0.2, 0.25) is 0 Å². The molecule has 0 unspecified atom stereocenters. The molecule has 0 aliphatic carbocycles. The molecule has 0 aliphatic rings. The number of hydrogen-bond acceptors (Lipinski definition) is 5. The van der Waals surface area contributed by atoms with Crippen LogP contribution < -0.4 is 10.5 Å². The van der Waals surface area contributed by atoms with Gasteiger partial charge in [0.05, 0.1) is 15.7 Å². The maximum absolute atomic E-state index is 12.0. The molecule has 0 saturated heterocycles. The van der Waals surface area contributed by atoms with Crippen LogP contribution in [0, 0.1) is 0 Å². The zero-order valence-corrected chi connectivity index (χ0v) is 11.3. The second kappa shape index (κ2) is 4.68. The molecular formula is C10H9ClN2O3S2. The number of hydrogen-bond donors (Lipinski definition) is 3. The SMILES string of the molecule is Nc1cc(O)ccc1NS(=O)(=O)c1ccc(Cl)s1. The highest BCUT2D eigenvalue weighted by atomic mass is 35.5. The monoisotopic (exact) mass is 304 g/mol. The van der Waals surface area contributed by atoms with E-state index >= 15 is 0 Å². The van der Waals surface area contributed by atoms with Crippen LogP contribution in [-0.4, -0.2) is 13.5 Å². The number of nitrogen functional groups attached to an aromatic ring is 1. The Morgan fingerprint density at radius 2 is 2.00 bits per heavy atom. The molecule has 0 radical (unpaired) electrons. The van der Waals surface area contributed by atoms with Gasteiger partial charge in [-0.25, -0.2) is 8.42 Å². The molecule has 1 heterocycles. The number of nitrogens with two attached hydrogens (primary N) is 1. The summed E-state index contributed by atoms with van der Waals surface area (Å²) in [6, 6.07) is 6.90. The van der Waals surface area contributed by atoms with Crippen LogP contribution in [0.25, 0.3) is 0 Å². The van der Waals surface area contributed by atoms with Gasteiger partial charge in [-0.1, -0.05) is 11.6 Å². The highest BCUT2D eigenvalue weighted by molar-refractivity contribution is 7.94. The van der Waals surface area contributed by atoms with E-state index in [-0.39, 0.29) is 21.3 Å². The van der Waals surface area contributed by atoms with E-state index in [0.717, 1.165) is 11.3 Å². The van der Waals surface area contributed by atoms with Crippen LogP contribution in [0.1, 0.15) is 0 Å². The molecular weight excluding hydrogens is 296 g/mol. The number of aromatic hydroxyl groups is 1. The number of halogens is 1. The number of anilines is 2. The van der Waals surface area contributed by atoms with E-state index in [4.69, 9.17) is 17.3 Å². The first kappa shape index (κ1) is 13.0. The molecule has 5 nitrogen and oxygen atoms in total. The molecule has 0 saturated carbocycles. The second-order valence-corrected chi connectivity index (χ2v) is 7.06. The predicted molar refractivity (Wildman–Crippen MR) is 72.7 cm³/mol. The minimum atomic E-state index is -3.71. The molecule has 0 bridgehead atoms. The van der Waals surface area contributed by atoms with Crippen molar-refractivity contribution < 1.29 is 13.5 Å². The Bertz CT molecular complexity index is 682. The van der Waals surface area contributed by atoms with E-state index in [2.05, 4.69) is 4.72 Å². The summed E-state index contributed by atoms with van der Waals surface area (Å²) in [7, 11) is -3.71. The normalized spacial score (nSPS) is 11.4. The maximum atomic E-state index is 12.0. The van der Waals surface area contributed by atoms with E-state index in [0.29, 0.717) is 4.34 Å². The fourth-order valence-electron chi connectivity index (χ4n) is 1.28. The lowest BCUT2D eigenvalue weighted by molar-refractivity contribution is 0.475. The van der Waals surface area contributed by atoms with Gasteiger partial charge in [0.25, 0.3) is 10.0 Å². The van der Waals surface area contributed by atoms with Crippen molar-refractivity contribution in [1.82, 2.24) is 0 Å². The summed E-state index contributed by atoms with van der Waals surface area (Å²) < 4.78 is 26.8. The van der Waals surface area contributed by atoms with Crippen molar-refractivity contribution in [3.05, 3.63) is 34.7 Å². The molecule has 2 aromatic rings. The van der Waals surface area contributed by atoms with E-state index in [1.54, 1.807) is 0 Å². The number of sulfonamides is 1. The fraction of sp³-hybridized carbons (Fsp3) is 0. The minimum Gasteiger partial charge on any atom is -0.508 e. The van der Waals surface area contributed by atoms with Crippen molar-refractivity contribution in [2.24, 2.45) is 0 Å². The number of phenolic OH excluding ortho intramolecular Hbond substituents is 1. The molecule has 96 valence electrons. The standard InChI is InChI=1S/C10H9ClN2O3S2/c11-9-3-4-10(17-9)18(15,16)13-8-2-1-6(14)5-7(8)12/h1-5,13-14H,12H2. The first-order valence-electron chi connectivity index (χ1n) is 4.75. The van der Waals surface area contributed by atoms with Crippen LogP contribution in [0.2, 0.25) is 4.34 Å². The molecule has 0 aliphatic heterocycles. The Hall–Kier alpha value is -1.44.